The second-order valence-corrected chi connectivity index (χ2v) is 5.76. The molecule has 3 rings (SSSR count). The molecule has 0 amide bonds. The molecule has 0 aliphatic rings. The first-order chi connectivity index (χ1) is 8.81. The van der Waals surface area contributed by atoms with Crippen molar-refractivity contribution in [2.45, 2.75) is 10.7 Å². The minimum absolute atomic E-state index is 0.653. The van der Waals surface area contributed by atoms with Crippen LogP contribution in [0.1, 0.15) is 11.4 Å². The number of rotatable bonds is 3. The van der Waals surface area contributed by atoms with E-state index in [1.54, 1.807) is 15.9 Å². The Morgan fingerprint density at radius 2 is 1.83 bits per heavy atom. The van der Waals surface area contributed by atoms with Crippen molar-refractivity contribution in [1.82, 2.24) is 19.8 Å². The third-order valence-electron chi connectivity index (χ3n) is 2.53. The lowest BCUT2D eigenvalue weighted by atomic mass is 10.2. The number of aromatic nitrogens is 4. The molecule has 0 aliphatic heterocycles. The highest BCUT2D eigenvalue weighted by molar-refractivity contribution is 9.08. The zero-order chi connectivity index (χ0) is 12.5. The average Bonchev–Trinajstić information content (AvgIpc) is 2.98. The summed E-state index contributed by atoms with van der Waals surface area (Å²) in [7, 11) is 0. The summed E-state index contributed by atoms with van der Waals surface area (Å²) in [5.74, 6) is 0.824. The fraction of sp³-hybridized carbons (Fsp3) is 0.182. The molecular formula is C11H8Br2N4S. The molecule has 0 spiro atoms. The first-order valence-corrected chi connectivity index (χ1v) is 8.30. The molecule has 0 bridgehead atoms. The smallest absolute Gasteiger partial charge is 0.186 e. The lowest BCUT2D eigenvalue weighted by Gasteiger charge is -1.97. The van der Waals surface area contributed by atoms with Crippen LogP contribution in [0.5, 0.6) is 0 Å². The highest BCUT2D eigenvalue weighted by Crippen LogP contribution is 2.26. The topological polar surface area (TPSA) is 43.1 Å². The molecule has 0 saturated heterocycles. The molecule has 0 unspecified atom stereocenters. The van der Waals surface area contributed by atoms with Gasteiger partial charge in [-0.25, -0.2) is 0 Å². The van der Waals surface area contributed by atoms with Gasteiger partial charge in [0.2, 0.25) is 4.96 Å². The Morgan fingerprint density at radius 3 is 2.50 bits per heavy atom. The van der Waals surface area contributed by atoms with Crippen LogP contribution < -0.4 is 0 Å². The van der Waals surface area contributed by atoms with Gasteiger partial charge in [-0.05, 0) is 5.56 Å². The third-order valence-corrected chi connectivity index (χ3v) is 4.63. The van der Waals surface area contributed by atoms with Crippen molar-refractivity contribution in [2.24, 2.45) is 0 Å². The van der Waals surface area contributed by atoms with Gasteiger partial charge in [0.1, 0.15) is 5.01 Å². The molecule has 1 aromatic carbocycles. The summed E-state index contributed by atoms with van der Waals surface area (Å²) in [4.78, 5) is 0.823. The summed E-state index contributed by atoms with van der Waals surface area (Å²) in [5, 5.41) is 15.2. The van der Waals surface area contributed by atoms with E-state index >= 15 is 0 Å². The molecule has 2 aromatic heterocycles. The van der Waals surface area contributed by atoms with E-state index in [4.69, 9.17) is 0 Å². The van der Waals surface area contributed by atoms with Crippen LogP contribution in [0.25, 0.3) is 15.5 Å². The van der Waals surface area contributed by atoms with Gasteiger partial charge in [0, 0.05) is 10.9 Å². The van der Waals surface area contributed by atoms with Gasteiger partial charge in [0.15, 0.2) is 5.82 Å². The number of nitrogens with zero attached hydrogens (tertiary/aromatic N) is 4. The minimum atomic E-state index is 0.653. The van der Waals surface area contributed by atoms with Crippen molar-refractivity contribution in [3.05, 3.63) is 35.7 Å². The molecule has 92 valence electrons. The molecule has 2 heterocycles. The highest BCUT2D eigenvalue weighted by Gasteiger charge is 2.11. The van der Waals surface area contributed by atoms with Crippen LogP contribution in [-0.2, 0) is 10.7 Å². The van der Waals surface area contributed by atoms with E-state index in [0.717, 1.165) is 26.7 Å². The van der Waals surface area contributed by atoms with Crippen LogP contribution in [0.3, 0.4) is 0 Å². The minimum Gasteiger partial charge on any atom is -0.186 e. The number of hydrogen-bond donors (Lipinski definition) is 0. The normalized spacial score (nSPS) is 11.2. The van der Waals surface area contributed by atoms with Crippen LogP contribution in [0.4, 0.5) is 0 Å². The zero-order valence-electron chi connectivity index (χ0n) is 9.18. The molecule has 18 heavy (non-hydrogen) atoms. The summed E-state index contributed by atoms with van der Waals surface area (Å²) in [6, 6.07) is 8.35. The van der Waals surface area contributed by atoms with Gasteiger partial charge < -0.3 is 0 Å². The van der Waals surface area contributed by atoms with Crippen molar-refractivity contribution in [3.63, 3.8) is 0 Å². The molecule has 0 atom stereocenters. The van der Waals surface area contributed by atoms with Crippen LogP contribution in [0, 0.1) is 0 Å². The van der Waals surface area contributed by atoms with Gasteiger partial charge in [-0.2, -0.15) is 9.61 Å². The lowest BCUT2D eigenvalue weighted by Crippen LogP contribution is -1.92. The van der Waals surface area contributed by atoms with E-state index in [9.17, 15) is 0 Å². The largest absolute Gasteiger partial charge is 0.235 e. The van der Waals surface area contributed by atoms with Crippen molar-refractivity contribution in [2.75, 3.05) is 0 Å². The monoisotopic (exact) mass is 386 g/mol. The van der Waals surface area contributed by atoms with Gasteiger partial charge >= 0.3 is 0 Å². The Hall–Kier alpha value is -0.790. The Kier molecular flexibility index (Phi) is 3.45. The molecule has 4 nitrogen and oxygen atoms in total. The number of fused-ring (bicyclic) bond motifs is 1. The molecule has 0 radical (unpaired) electrons. The molecule has 3 aromatic rings. The van der Waals surface area contributed by atoms with Crippen molar-refractivity contribution >= 4 is 48.2 Å². The van der Waals surface area contributed by atoms with Crippen molar-refractivity contribution in [1.29, 1.82) is 0 Å². The maximum Gasteiger partial charge on any atom is 0.235 e. The van der Waals surface area contributed by atoms with Crippen LogP contribution >= 0.6 is 43.2 Å². The van der Waals surface area contributed by atoms with E-state index in [-0.39, 0.29) is 0 Å². The van der Waals surface area contributed by atoms with E-state index in [1.807, 2.05) is 0 Å². The Balaban J connectivity index is 2.04. The summed E-state index contributed by atoms with van der Waals surface area (Å²) in [5.41, 5.74) is 2.36. The summed E-state index contributed by atoms with van der Waals surface area (Å²) < 4.78 is 1.78. The van der Waals surface area contributed by atoms with E-state index in [1.165, 1.54) is 5.56 Å². The van der Waals surface area contributed by atoms with Gasteiger partial charge in [-0.15, -0.1) is 10.2 Å². The molecule has 0 saturated carbocycles. The molecule has 7 heteroatoms. The van der Waals surface area contributed by atoms with Crippen LogP contribution in [0.2, 0.25) is 0 Å². The van der Waals surface area contributed by atoms with Gasteiger partial charge in [-0.3, -0.25) is 0 Å². The number of hydrogen-bond acceptors (Lipinski definition) is 4. The maximum atomic E-state index is 4.54. The van der Waals surface area contributed by atoms with Crippen LogP contribution in [0.15, 0.2) is 24.3 Å². The number of benzene rings is 1. The maximum absolute atomic E-state index is 4.54. The van der Waals surface area contributed by atoms with Crippen molar-refractivity contribution in [3.8, 4) is 10.6 Å². The predicted octanol–water partition coefficient (Wildman–Crippen LogP) is 3.64. The van der Waals surface area contributed by atoms with E-state index in [0.29, 0.717) is 5.33 Å². The quantitative estimate of drug-likeness (QED) is 0.644. The Bertz CT molecular complexity index is 674. The lowest BCUT2D eigenvalue weighted by molar-refractivity contribution is 0.891. The molecule has 0 aliphatic carbocycles. The fourth-order valence-electron chi connectivity index (χ4n) is 1.59. The predicted molar refractivity (Wildman–Crippen MR) is 79.4 cm³/mol. The molecular weight excluding hydrogens is 380 g/mol. The molecule has 0 fully saturated rings. The third kappa shape index (κ3) is 2.10. The first kappa shape index (κ1) is 12.3. The summed E-state index contributed by atoms with van der Waals surface area (Å²) >= 11 is 8.36. The van der Waals surface area contributed by atoms with Gasteiger partial charge in [0.05, 0.1) is 5.33 Å². The number of halogens is 2. The first-order valence-electron chi connectivity index (χ1n) is 5.24. The van der Waals surface area contributed by atoms with Crippen molar-refractivity contribution < 1.29 is 0 Å². The SMILES string of the molecule is BrCc1ccc(-c2nn3c(CBr)nnc3s2)cc1. The summed E-state index contributed by atoms with van der Waals surface area (Å²) in [6.07, 6.45) is 0. The standard InChI is InChI=1S/C11H8Br2N4S/c12-5-7-1-3-8(4-2-7)10-16-17-9(6-13)14-15-11(17)18-10/h1-4H,5-6H2. The Labute approximate surface area is 124 Å². The fourth-order valence-corrected chi connectivity index (χ4v) is 3.18. The summed E-state index contributed by atoms with van der Waals surface area (Å²) in [6.45, 7) is 0. The Morgan fingerprint density at radius 1 is 1.06 bits per heavy atom. The van der Waals surface area contributed by atoms with Gasteiger partial charge in [0.25, 0.3) is 0 Å². The van der Waals surface area contributed by atoms with Crippen LogP contribution in [-0.4, -0.2) is 19.8 Å². The highest BCUT2D eigenvalue weighted by atomic mass is 79.9. The average molecular weight is 388 g/mol. The second kappa shape index (κ2) is 5.07. The van der Waals surface area contributed by atoms with E-state index in [2.05, 4.69) is 71.4 Å². The van der Waals surface area contributed by atoms with Gasteiger partial charge in [-0.1, -0.05) is 67.5 Å². The van der Waals surface area contributed by atoms with E-state index < -0.39 is 0 Å². The number of alkyl halides is 2. The molecule has 0 N–H and O–H groups in total. The zero-order valence-corrected chi connectivity index (χ0v) is 13.2. The second-order valence-electron chi connectivity index (χ2n) is 3.68.